The summed E-state index contributed by atoms with van der Waals surface area (Å²) in [6.45, 7) is 0.0542. The van der Waals surface area contributed by atoms with Crippen LogP contribution in [0.2, 0.25) is 10.0 Å². The first-order chi connectivity index (χ1) is 19.4. The normalized spacial score (nSPS) is 11.0. The molecule has 1 aromatic heterocycles. The van der Waals surface area contributed by atoms with Crippen LogP contribution in [0, 0.1) is 5.82 Å². The van der Waals surface area contributed by atoms with Crippen LogP contribution in [0.5, 0.6) is 5.75 Å². The van der Waals surface area contributed by atoms with E-state index in [1.165, 1.54) is 23.6 Å². The maximum absolute atomic E-state index is 13.8. The predicted octanol–water partition coefficient (Wildman–Crippen LogP) is 8.34. The number of nitrogens with one attached hydrogen (secondary N) is 2. The number of amides is 1. The Labute approximate surface area is 244 Å². The number of anilines is 2. The third kappa shape index (κ3) is 7.04. The van der Waals surface area contributed by atoms with Gasteiger partial charge in [0.25, 0.3) is 5.91 Å². The first-order valence-electron chi connectivity index (χ1n) is 12.0. The third-order valence-electron chi connectivity index (χ3n) is 5.72. The van der Waals surface area contributed by atoms with Crippen LogP contribution in [0.4, 0.5) is 15.2 Å². The van der Waals surface area contributed by atoms with E-state index in [-0.39, 0.29) is 18.3 Å². The van der Waals surface area contributed by atoms with Gasteiger partial charge in [-0.05, 0) is 66.2 Å². The summed E-state index contributed by atoms with van der Waals surface area (Å²) in [6.07, 6.45) is 1.48. The minimum Gasteiger partial charge on any atom is -0.487 e. The van der Waals surface area contributed by atoms with E-state index >= 15 is 0 Å². The fourth-order valence-corrected chi connectivity index (χ4v) is 4.74. The number of ether oxygens (including phenoxy) is 1. The topological polar surface area (TPSA) is 75.6 Å². The monoisotopic (exact) mass is 590 g/mol. The lowest BCUT2D eigenvalue weighted by molar-refractivity contribution is 0.0955. The molecule has 10 heteroatoms. The first-order valence-corrected chi connectivity index (χ1v) is 13.7. The largest absolute Gasteiger partial charge is 0.487 e. The highest BCUT2D eigenvalue weighted by atomic mass is 35.5. The minimum atomic E-state index is -0.359. The zero-order valence-electron chi connectivity index (χ0n) is 20.8. The zero-order valence-corrected chi connectivity index (χ0v) is 23.1. The van der Waals surface area contributed by atoms with Crippen molar-refractivity contribution in [2.45, 2.75) is 6.61 Å². The molecule has 0 saturated heterocycles. The second-order valence-corrected chi connectivity index (χ2v) is 10.2. The van der Waals surface area contributed by atoms with Gasteiger partial charge in [0.05, 0.1) is 16.9 Å². The lowest BCUT2D eigenvalue weighted by atomic mass is 10.1. The number of aromatic nitrogens is 1. The second kappa shape index (κ2) is 12.7. The summed E-state index contributed by atoms with van der Waals surface area (Å²) < 4.78 is 19.4. The molecule has 0 unspecified atom stereocenters. The average Bonchev–Trinajstić information content (AvgIpc) is 3.43. The van der Waals surface area contributed by atoms with E-state index in [0.29, 0.717) is 32.5 Å². The van der Waals surface area contributed by atoms with E-state index in [2.05, 4.69) is 20.8 Å². The molecule has 0 aliphatic rings. The van der Waals surface area contributed by atoms with Crippen molar-refractivity contribution in [1.82, 2.24) is 10.4 Å². The number of hydrogen-bond acceptors (Lipinski definition) is 6. The molecule has 0 aliphatic heterocycles. The van der Waals surface area contributed by atoms with Gasteiger partial charge in [0, 0.05) is 32.8 Å². The number of nitrogens with zero attached hydrogens (tertiary/aromatic N) is 2. The van der Waals surface area contributed by atoms with Gasteiger partial charge in [-0.15, -0.1) is 11.3 Å². The van der Waals surface area contributed by atoms with Crippen molar-refractivity contribution in [3.8, 4) is 17.0 Å². The summed E-state index contributed by atoms with van der Waals surface area (Å²) in [5, 5.41) is 11.0. The quantitative estimate of drug-likeness (QED) is 0.134. The fourth-order valence-electron chi connectivity index (χ4n) is 3.63. The van der Waals surface area contributed by atoms with E-state index in [4.69, 9.17) is 27.9 Å². The molecule has 200 valence electrons. The Morgan fingerprint density at radius 3 is 2.52 bits per heavy atom. The van der Waals surface area contributed by atoms with Gasteiger partial charge in [0.1, 0.15) is 18.2 Å². The number of carbonyl (C=O) groups is 1. The SMILES string of the molecule is O=C(N/N=C\c1ccc(OCc2ccccc2F)c(Cl)c1)c1ccc(-c2csc(Nc3ccc(Cl)cc3)n2)cc1. The smallest absolute Gasteiger partial charge is 0.271 e. The molecule has 0 radical (unpaired) electrons. The van der Waals surface area contributed by atoms with Crippen LogP contribution in [0.1, 0.15) is 21.5 Å². The molecule has 0 aliphatic carbocycles. The molecule has 1 heterocycles. The maximum Gasteiger partial charge on any atom is 0.271 e. The highest BCUT2D eigenvalue weighted by Crippen LogP contribution is 2.28. The van der Waals surface area contributed by atoms with Gasteiger partial charge in [-0.25, -0.2) is 14.8 Å². The number of thiazole rings is 1. The molecule has 0 fully saturated rings. The van der Waals surface area contributed by atoms with Crippen molar-refractivity contribution in [3.05, 3.63) is 129 Å². The summed E-state index contributed by atoms with van der Waals surface area (Å²) in [4.78, 5) is 17.2. The van der Waals surface area contributed by atoms with Crippen LogP contribution in [0.3, 0.4) is 0 Å². The first kappa shape index (κ1) is 27.3. The highest BCUT2D eigenvalue weighted by Gasteiger charge is 2.09. The lowest BCUT2D eigenvalue weighted by Gasteiger charge is -2.09. The maximum atomic E-state index is 13.8. The van der Waals surface area contributed by atoms with E-state index in [1.807, 2.05) is 41.8 Å². The van der Waals surface area contributed by atoms with Gasteiger partial charge in [-0.3, -0.25) is 4.79 Å². The van der Waals surface area contributed by atoms with Gasteiger partial charge in [0.2, 0.25) is 0 Å². The molecular formula is C30H21Cl2FN4O2S. The summed E-state index contributed by atoms with van der Waals surface area (Å²) in [5.74, 6) is -0.283. The van der Waals surface area contributed by atoms with Crippen LogP contribution in [0.15, 0.2) is 101 Å². The lowest BCUT2D eigenvalue weighted by Crippen LogP contribution is -2.17. The highest BCUT2D eigenvalue weighted by molar-refractivity contribution is 7.14. The zero-order chi connectivity index (χ0) is 27.9. The van der Waals surface area contributed by atoms with Crippen LogP contribution in [0.25, 0.3) is 11.3 Å². The summed E-state index contributed by atoms with van der Waals surface area (Å²) >= 11 is 13.7. The van der Waals surface area contributed by atoms with Crippen molar-refractivity contribution < 1.29 is 13.9 Å². The van der Waals surface area contributed by atoms with Gasteiger partial charge < -0.3 is 10.1 Å². The number of benzene rings is 4. The molecule has 1 amide bonds. The molecule has 5 aromatic rings. The fraction of sp³-hybridized carbons (Fsp3) is 0.0333. The molecule has 4 aromatic carbocycles. The second-order valence-electron chi connectivity index (χ2n) is 8.52. The molecule has 5 rings (SSSR count). The Morgan fingerprint density at radius 1 is 1.00 bits per heavy atom. The molecular weight excluding hydrogens is 570 g/mol. The minimum absolute atomic E-state index is 0.0542. The Balaban J connectivity index is 1.14. The van der Waals surface area contributed by atoms with Crippen LogP contribution >= 0.6 is 34.5 Å². The van der Waals surface area contributed by atoms with Crippen molar-refractivity contribution >= 4 is 57.5 Å². The Bertz CT molecular complexity index is 1660. The Morgan fingerprint density at radius 2 is 1.77 bits per heavy atom. The predicted molar refractivity (Wildman–Crippen MR) is 160 cm³/mol. The number of halogens is 3. The number of hydrogen-bond donors (Lipinski definition) is 2. The molecule has 0 atom stereocenters. The molecule has 6 nitrogen and oxygen atoms in total. The van der Waals surface area contributed by atoms with Gasteiger partial charge >= 0.3 is 0 Å². The van der Waals surface area contributed by atoms with Crippen molar-refractivity contribution in [2.75, 3.05) is 5.32 Å². The molecule has 0 spiro atoms. The molecule has 40 heavy (non-hydrogen) atoms. The Hall–Kier alpha value is -4.24. The van der Waals surface area contributed by atoms with Gasteiger partial charge in [0.15, 0.2) is 5.13 Å². The van der Waals surface area contributed by atoms with Gasteiger partial charge in [-0.1, -0.05) is 53.5 Å². The summed E-state index contributed by atoms with van der Waals surface area (Å²) in [6, 6.07) is 25.9. The van der Waals surface area contributed by atoms with Gasteiger partial charge in [-0.2, -0.15) is 5.10 Å². The standard InChI is InChI=1S/C30H21Cl2FN4O2S/c31-23-10-12-24(13-11-23)35-30-36-27(18-40-30)20-6-8-21(9-7-20)29(38)37-34-16-19-5-14-28(25(32)15-19)39-17-22-3-1-2-4-26(22)33/h1-16,18H,17H2,(H,35,36)(H,37,38)/b34-16-. The molecule has 0 saturated carbocycles. The number of rotatable bonds is 9. The van der Waals surface area contributed by atoms with E-state index in [9.17, 15) is 9.18 Å². The van der Waals surface area contributed by atoms with Crippen LogP contribution in [-0.4, -0.2) is 17.1 Å². The van der Waals surface area contributed by atoms with Crippen LogP contribution in [-0.2, 0) is 6.61 Å². The third-order valence-corrected chi connectivity index (χ3v) is 7.02. The summed E-state index contributed by atoms with van der Waals surface area (Å²) in [7, 11) is 0. The molecule has 0 bridgehead atoms. The summed E-state index contributed by atoms with van der Waals surface area (Å²) in [5.41, 5.74) is 6.62. The van der Waals surface area contributed by atoms with Crippen molar-refractivity contribution in [1.29, 1.82) is 0 Å². The van der Waals surface area contributed by atoms with E-state index in [1.54, 1.807) is 48.5 Å². The van der Waals surface area contributed by atoms with Crippen LogP contribution < -0.4 is 15.5 Å². The Kier molecular flexibility index (Phi) is 8.71. The van der Waals surface area contributed by atoms with E-state index < -0.39 is 0 Å². The number of hydrazone groups is 1. The molecule has 2 N–H and O–H groups in total. The van der Waals surface area contributed by atoms with Crippen molar-refractivity contribution in [3.63, 3.8) is 0 Å². The van der Waals surface area contributed by atoms with E-state index in [0.717, 1.165) is 22.1 Å². The van der Waals surface area contributed by atoms with Crippen molar-refractivity contribution in [2.24, 2.45) is 5.10 Å². The number of carbonyl (C=O) groups excluding carboxylic acids is 1. The average molecular weight is 591 g/mol.